The van der Waals surface area contributed by atoms with Gasteiger partial charge in [0.1, 0.15) is 12.4 Å². The largest absolute Gasteiger partial charge is 0.492 e. The lowest BCUT2D eigenvalue weighted by Crippen LogP contribution is -2.52. The zero-order chi connectivity index (χ0) is 13.8. The normalized spacial score (nSPS) is 17.8. The van der Waals surface area contributed by atoms with E-state index in [4.69, 9.17) is 9.84 Å². The Hall–Kier alpha value is -1.55. The Morgan fingerprint density at radius 3 is 2.63 bits per heavy atom. The van der Waals surface area contributed by atoms with E-state index >= 15 is 0 Å². The Labute approximate surface area is 114 Å². The predicted molar refractivity (Wildman–Crippen MR) is 73.4 cm³/mol. The summed E-state index contributed by atoms with van der Waals surface area (Å²) in [5.74, 6) is 0.244. The number of carbonyl (C=O) groups is 1. The number of aliphatic carboxylic acids is 1. The predicted octanol–water partition coefficient (Wildman–Crippen LogP) is 2.03. The van der Waals surface area contributed by atoms with Crippen LogP contribution in [0.25, 0.3) is 0 Å². The van der Waals surface area contributed by atoms with Crippen molar-refractivity contribution in [3.8, 4) is 5.75 Å². The highest BCUT2D eigenvalue weighted by Gasteiger charge is 2.34. The molecule has 0 bridgehead atoms. The van der Waals surface area contributed by atoms with E-state index < -0.39 is 5.97 Å². The summed E-state index contributed by atoms with van der Waals surface area (Å²) in [5.41, 5.74) is 1.22. The number of rotatable bonds is 6. The van der Waals surface area contributed by atoms with Crippen LogP contribution in [-0.2, 0) is 4.79 Å². The molecule has 0 radical (unpaired) electrons. The number of aryl methyl sites for hydroxylation is 1. The Balaban J connectivity index is 1.63. The molecule has 1 heterocycles. The molecule has 19 heavy (non-hydrogen) atoms. The molecule has 0 amide bonds. The van der Waals surface area contributed by atoms with Gasteiger partial charge >= 0.3 is 5.97 Å². The molecular weight excluding hydrogens is 242 g/mol. The first-order valence-corrected chi connectivity index (χ1v) is 6.71. The van der Waals surface area contributed by atoms with E-state index in [0.717, 1.165) is 25.4 Å². The molecule has 1 saturated heterocycles. The molecule has 1 aromatic carbocycles. The van der Waals surface area contributed by atoms with Crippen LogP contribution in [0.5, 0.6) is 5.75 Å². The van der Waals surface area contributed by atoms with Gasteiger partial charge in [-0.3, -0.25) is 9.69 Å². The minimum absolute atomic E-state index is 0.241. The van der Waals surface area contributed by atoms with Crippen molar-refractivity contribution in [3.63, 3.8) is 0 Å². The van der Waals surface area contributed by atoms with E-state index in [2.05, 4.69) is 4.90 Å². The third kappa shape index (κ3) is 3.70. The van der Waals surface area contributed by atoms with Gasteiger partial charge in [0.25, 0.3) is 0 Å². The van der Waals surface area contributed by atoms with E-state index in [1.165, 1.54) is 5.56 Å². The van der Waals surface area contributed by atoms with Crippen molar-refractivity contribution < 1.29 is 14.6 Å². The fourth-order valence-corrected chi connectivity index (χ4v) is 2.24. The first-order valence-electron chi connectivity index (χ1n) is 6.71. The van der Waals surface area contributed by atoms with Gasteiger partial charge in [-0.1, -0.05) is 24.6 Å². The van der Waals surface area contributed by atoms with Gasteiger partial charge in [0, 0.05) is 19.6 Å². The number of hydrogen-bond acceptors (Lipinski definition) is 3. The van der Waals surface area contributed by atoms with Crippen LogP contribution in [0.4, 0.5) is 0 Å². The number of nitrogens with zero attached hydrogens (tertiary/aromatic N) is 1. The maximum absolute atomic E-state index is 10.8. The van der Waals surface area contributed by atoms with Crippen molar-refractivity contribution in [1.82, 2.24) is 4.90 Å². The smallest absolute Gasteiger partial charge is 0.306 e. The van der Waals surface area contributed by atoms with Crippen LogP contribution in [0.1, 0.15) is 12.5 Å². The van der Waals surface area contributed by atoms with Crippen molar-refractivity contribution in [2.24, 2.45) is 11.8 Å². The topological polar surface area (TPSA) is 49.8 Å². The second-order valence-corrected chi connectivity index (χ2v) is 5.31. The summed E-state index contributed by atoms with van der Waals surface area (Å²) in [6, 6.07) is 8.01. The van der Waals surface area contributed by atoms with Gasteiger partial charge < -0.3 is 9.84 Å². The molecule has 1 unspecified atom stereocenters. The lowest BCUT2D eigenvalue weighted by atomic mass is 9.87. The van der Waals surface area contributed by atoms with Gasteiger partial charge in [0.15, 0.2) is 0 Å². The molecule has 4 nitrogen and oxygen atoms in total. The molecule has 104 valence electrons. The van der Waals surface area contributed by atoms with E-state index in [1.807, 2.05) is 31.2 Å². The van der Waals surface area contributed by atoms with Crippen LogP contribution in [-0.4, -0.2) is 42.2 Å². The molecule has 0 aromatic heterocycles. The van der Waals surface area contributed by atoms with Crippen LogP contribution >= 0.6 is 0 Å². The van der Waals surface area contributed by atoms with Crippen molar-refractivity contribution >= 4 is 5.97 Å². The zero-order valence-corrected chi connectivity index (χ0v) is 11.5. The number of ether oxygens (including phenoxy) is 1. The second-order valence-electron chi connectivity index (χ2n) is 5.31. The van der Waals surface area contributed by atoms with Gasteiger partial charge in [-0.05, 0) is 25.0 Å². The van der Waals surface area contributed by atoms with Crippen molar-refractivity contribution in [1.29, 1.82) is 0 Å². The maximum Gasteiger partial charge on any atom is 0.306 e. The fraction of sp³-hybridized carbons (Fsp3) is 0.533. The van der Waals surface area contributed by atoms with E-state index in [0.29, 0.717) is 6.61 Å². The SMILES string of the molecule is Cc1ccc(OCCN2CC(C(C)C(=O)O)C2)cc1. The molecule has 0 spiro atoms. The molecule has 2 rings (SSSR count). The Morgan fingerprint density at radius 1 is 1.42 bits per heavy atom. The highest BCUT2D eigenvalue weighted by Crippen LogP contribution is 2.23. The van der Waals surface area contributed by atoms with Crippen molar-refractivity contribution in [2.75, 3.05) is 26.2 Å². The second kappa shape index (κ2) is 6.06. The van der Waals surface area contributed by atoms with Crippen LogP contribution in [0, 0.1) is 18.8 Å². The average molecular weight is 263 g/mol. The summed E-state index contributed by atoms with van der Waals surface area (Å²) in [6.07, 6.45) is 0. The Bertz CT molecular complexity index is 424. The summed E-state index contributed by atoms with van der Waals surface area (Å²) < 4.78 is 5.65. The van der Waals surface area contributed by atoms with Crippen molar-refractivity contribution in [3.05, 3.63) is 29.8 Å². The van der Waals surface area contributed by atoms with Crippen LogP contribution in [0.2, 0.25) is 0 Å². The molecule has 0 saturated carbocycles. The summed E-state index contributed by atoms with van der Waals surface area (Å²) in [6.45, 7) is 7.07. The summed E-state index contributed by atoms with van der Waals surface area (Å²) in [7, 11) is 0. The van der Waals surface area contributed by atoms with E-state index in [9.17, 15) is 4.79 Å². The third-order valence-electron chi connectivity index (χ3n) is 3.78. The lowest BCUT2D eigenvalue weighted by Gasteiger charge is -2.41. The van der Waals surface area contributed by atoms with Gasteiger partial charge in [0.2, 0.25) is 0 Å². The van der Waals surface area contributed by atoms with Gasteiger partial charge in [-0.2, -0.15) is 0 Å². The molecule has 1 aromatic rings. The monoisotopic (exact) mass is 263 g/mol. The lowest BCUT2D eigenvalue weighted by molar-refractivity contribution is -0.145. The average Bonchev–Trinajstić information content (AvgIpc) is 2.33. The highest BCUT2D eigenvalue weighted by molar-refractivity contribution is 5.70. The van der Waals surface area contributed by atoms with Crippen LogP contribution in [0.3, 0.4) is 0 Å². The van der Waals surface area contributed by atoms with Crippen molar-refractivity contribution in [2.45, 2.75) is 13.8 Å². The quantitative estimate of drug-likeness (QED) is 0.853. The van der Waals surface area contributed by atoms with Crippen LogP contribution < -0.4 is 4.74 Å². The molecule has 4 heteroatoms. The first kappa shape index (κ1) is 13.9. The fourth-order valence-electron chi connectivity index (χ4n) is 2.24. The van der Waals surface area contributed by atoms with Crippen LogP contribution in [0.15, 0.2) is 24.3 Å². The number of carboxylic acid groups (broad SMARTS) is 1. The van der Waals surface area contributed by atoms with E-state index in [1.54, 1.807) is 6.92 Å². The molecule has 0 aliphatic carbocycles. The van der Waals surface area contributed by atoms with Gasteiger partial charge in [0.05, 0.1) is 5.92 Å². The standard InChI is InChI=1S/C15H21NO3/c1-11-3-5-14(6-4-11)19-8-7-16-9-13(10-16)12(2)15(17)18/h3-6,12-13H,7-10H2,1-2H3,(H,17,18). The van der Waals surface area contributed by atoms with Gasteiger partial charge in [-0.25, -0.2) is 0 Å². The first-order chi connectivity index (χ1) is 9.06. The Kier molecular flexibility index (Phi) is 4.43. The zero-order valence-electron chi connectivity index (χ0n) is 11.5. The van der Waals surface area contributed by atoms with E-state index in [-0.39, 0.29) is 11.8 Å². The number of benzene rings is 1. The molecule has 1 fully saturated rings. The van der Waals surface area contributed by atoms with Gasteiger partial charge in [-0.15, -0.1) is 0 Å². The molecule has 1 N–H and O–H groups in total. The minimum atomic E-state index is -0.694. The number of carboxylic acids is 1. The number of likely N-dealkylation sites (tertiary alicyclic amines) is 1. The summed E-state index contributed by atoms with van der Waals surface area (Å²) in [5, 5.41) is 8.91. The third-order valence-corrected chi connectivity index (χ3v) is 3.78. The summed E-state index contributed by atoms with van der Waals surface area (Å²) >= 11 is 0. The molecule has 1 atom stereocenters. The highest BCUT2D eigenvalue weighted by atomic mass is 16.5. The number of hydrogen-bond donors (Lipinski definition) is 1. The Morgan fingerprint density at radius 2 is 2.05 bits per heavy atom. The maximum atomic E-state index is 10.8. The molecule has 1 aliphatic heterocycles. The minimum Gasteiger partial charge on any atom is -0.492 e. The molecular formula is C15H21NO3. The summed E-state index contributed by atoms with van der Waals surface area (Å²) in [4.78, 5) is 13.1. The molecule has 1 aliphatic rings.